The molecule has 152 valence electrons. The molecule has 0 aliphatic carbocycles. The minimum atomic E-state index is -0.702. The number of guanidine groups is 1. The lowest BCUT2D eigenvalue weighted by atomic mass is 9.98. The lowest BCUT2D eigenvalue weighted by Gasteiger charge is -2.34. The monoisotopic (exact) mass is 509 g/mol. The Balaban J connectivity index is 0.00000364. The van der Waals surface area contributed by atoms with E-state index < -0.39 is 6.10 Å². The molecule has 0 saturated carbocycles. The Morgan fingerprint density at radius 2 is 2.11 bits per heavy atom. The van der Waals surface area contributed by atoms with E-state index in [1.54, 1.807) is 24.3 Å². The predicted octanol–water partition coefficient (Wildman–Crippen LogP) is 3.23. The Bertz CT molecular complexity index is 613. The molecule has 0 radical (unpaired) electrons. The Morgan fingerprint density at radius 1 is 1.41 bits per heavy atom. The van der Waals surface area contributed by atoms with Crippen LogP contribution in [0.3, 0.4) is 0 Å². The lowest BCUT2D eigenvalue weighted by molar-refractivity contribution is -0.149. The summed E-state index contributed by atoms with van der Waals surface area (Å²) < 4.78 is 5.16. The molecule has 27 heavy (non-hydrogen) atoms. The van der Waals surface area contributed by atoms with Crippen molar-refractivity contribution in [1.82, 2.24) is 10.2 Å². The van der Waals surface area contributed by atoms with Crippen LogP contribution >= 0.6 is 35.6 Å². The molecule has 1 saturated heterocycles. The minimum Gasteiger partial charge on any atom is -0.466 e. The van der Waals surface area contributed by atoms with Crippen molar-refractivity contribution in [1.29, 1.82) is 0 Å². The summed E-state index contributed by atoms with van der Waals surface area (Å²) in [5, 5.41) is 14.3. The summed E-state index contributed by atoms with van der Waals surface area (Å²) in [6.07, 6.45) is 1.04. The topological polar surface area (TPSA) is 74.2 Å². The van der Waals surface area contributed by atoms with Gasteiger partial charge in [0.1, 0.15) is 0 Å². The summed E-state index contributed by atoms with van der Waals surface area (Å²) in [5.74, 6) is 0.442. The van der Waals surface area contributed by atoms with Crippen molar-refractivity contribution in [2.24, 2.45) is 10.9 Å². The number of rotatable bonds is 6. The van der Waals surface area contributed by atoms with Gasteiger partial charge in [0.05, 0.1) is 25.2 Å². The Labute approximate surface area is 183 Å². The molecular weight excluding hydrogens is 481 g/mol. The third-order valence-corrected chi connectivity index (χ3v) is 4.60. The number of carbonyl (C=O) groups is 1. The van der Waals surface area contributed by atoms with Gasteiger partial charge in [-0.05, 0) is 44.4 Å². The van der Waals surface area contributed by atoms with Crippen molar-refractivity contribution in [3.05, 3.63) is 34.9 Å². The molecule has 1 aliphatic heterocycles. The first kappa shape index (κ1) is 24.0. The average molecular weight is 510 g/mol. The Hall–Kier alpha value is -1.06. The summed E-state index contributed by atoms with van der Waals surface area (Å²) >= 11 is 5.88. The fourth-order valence-electron chi connectivity index (χ4n) is 3.01. The van der Waals surface area contributed by atoms with Crippen molar-refractivity contribution in [2.75, 3.05) is 32.8 Å². The van der Waals surface area contributed by atoms with E-state index in [4.69, 9.17) is 16.3 Å². The van der Waals surface area contributed by atoms with Crippen molar-refractivity contribution in [3.8, 4) is 0 Å². The molecule has 0 aromatic heterocycles. The quantitative estimate of drug-likeness (QED) is 0.267. The van der Waals surface area contributed by atoms with Crippen LogP contribution in [0.4, 0.5) is 0 Å². The number of esters is 1. The van der Waals surface area contributed by atoms with Gasteiger partial charge >= 0.3 is 5.97 Å². The van der Waals surface area contributed by atoms with E-state index >= 15 is 0 Å². The summed E-state index contributed by atoms with van der Waals surface area (Å²) in [6.45, 7) is 6.60. The number of hydrogen-bond acceptors (Lipinski definition) is 4. The van der Waals surface area contributed by atoms with Gasteiger partial charge < -0.3 is 20.1 Å². The van der Waals surface area contributed by atoms with Crippen LogP contribution in [0.5, 0.6) is 0 Å². The van der Waals surface area contributed by atoms with Crippen LogP contribution < -0.4 is 5.32 Å². The van der Waals surface area contributed by atoms with Gasteiger partial charge in [0, 0.05) is 24.7 Å². The van der Waals surface area contributed by atoms with E-state index in [0.717, 1.165) is 37.5 Å². The van der Waals surface area contributed by atoms with E-state index in [-0.39, 0.29) is 42.4 Å². The smallest absolute Gasteiger partial charge is 0.310 e. The average Bonchev–Trinajstić information content (AvgIpc) is 2.65. The standard InChI is InChI=1S/C19H28ClN3O3.HI/c1-3-21-19(22-12-17(24)14-7-9-16(20)10-8-14)23-11-5-6-15(13-23)18(25)26-4-2;/h7-10,15,17,24H,3-6,11-13H2,1-2H3,(H,21,22);1H. The van der Waals surface area contributed by atoms with Crippen molar-refractivity contribution >= 4 is 47.5 Å². The number of carbonyl (C=O) groups excluding carboxylic acids is 1. The summed E-state index contributed by atoms with van der Waals surface area (Å²) in [4.78, 5) is 18.7. The maximum Gasteiger partial charge on any atom is 0.310 e. The van der Waals surface area contributed by atoms with Crippen LogP contribution in [0.15, 0.2) is 29.3 Å². The summed E-state index contributed by atoms with van der Waals surface area (Å²) in [6, 6.07) is 7.10. The number of hydrogen-bond donors (Lipinski definition) is 2. The maximum atomic E-state index is 12.0. The van der Waals surface area contributed by atoms with Crippen LogP contribution in [0.1, 0.15) is 38.4 Å². The number of aliphatic imine (C=N–C) groups is 1. The van der Waals surface area contributed by atoms with Gasteiger partial charge in [0.25, 0.3) is 0 Å². The Morgan fingerprint density at radius 3 is 2.74 bits per heavy atom. The number of halogens is 2. The molecule has 2 rings (SSSR count). The molecule has 1 aromatic carbocycles. The highest BCUT2D eigenvalue weighted by Crippen LogP contribution is 2.19. The van der Waals surface area contributed by atoms with Gasteiger partial charge in [-0.2, -0.15) is 0 Å². The van der Waals surface area contributed by atoms with Crippen LogP contribution in [-0.2, 0) is 9.53 Å². The van der Waals surface area contributed by atoms with Gasteiger partial charge in [0.2, 0.25) is 0 Å². The molecule has 1 fully saturated rings. The van der Waals surface area contributed by atoms with E-state index in [9.17, 15) is 9.90 Å². The van der Waals surface area contributed by atoms with Crippen LogP contribution in [0, 0.1) is 5.92 Å². The molecular formula is C19H29ClIN3O3. The molecule has 0 bridgehead atoms. The molecule has 1 heterocycles. The molecule has 0 spiro atoms. The molecule has 2 unspecified atom stereocenters. The van der Waals surface area contributed by atoms with Crippen molar-refractivity contribution in [3.63, 3.8) is 0 Å². The third kappa shape index (κ3) is 7.46. The number of nitrogens with zero attached hydrogens (tertiary/aromatic N) is 2. The molecule has 6 nitrogen and oxygen atoms in total. The molecule has 8 heteroatoms. The number of benzene rings is 1. The van der Waals surface area contributed by atoms with E-state index in [1.165, 1.54) is 0 Å². The van der Waals surface area contributed by atoms with E-state index in [0.29, 0.717) is 18.2 Å². The lowest BCUT2D eigenvalue weighted by Crippen LogP contribution is -2.48. The number of nitrogens with one attached hydrogen (secondary N) is 1. The summed E-state index contributed by atoms with van der Waals surface area (Å²) in [5.41, 5.74) is 0.775. The zero-order valence-corrected chi connectivity index (χ0v) is 18.9. The second-order valence-electron chi connectivity index (χ2n) is 6.30. The number of aliphatic hydroxyl groups is 1. The molecule has 2 N–H and O–H groups in total. The van der Waals surface area contributed by atoms with E-state index in [2.05, 4.69) is 15.2 Å². The highest BCUT2D eigenvalue weighted by Gasteiger charge is 2.28. The minimum absolute atomic E-state index is 0. The largest absolute Gasteiger partial charge is 0.466 e. The van der Waals surface area contributed by atoms with Crippen molar-refractivity contribution in [2.45, 2.75) is 32.8 Å². The van der Waals surface area contributed by atoms with Crippen LogP contribution in [-0.4, -0.2) is 54.7 Å². The number of likely N-dealkylation sites (tertiary alicyclic amines) is 1. The fraction of sp³-hybridized carbons (Fsp3) is 0.579. The van der Waals surface area contributed by atoms with Crippen LogP contribution in [0.2, 0.25) is 5.02 Å². The molecule has 1 aliphatic rings. The first-order chi connectivity index (χ1) is 12.5. The molecule has 1 aromatic rings. The number of piperidine rings is 1. The van der Waals surface area contributed by atoms with Gasteiger partial charge in [-0.15, -0.1) is 24.0 Å². The van der Waals surface area contributed by atoms with Crippen LogP contribution in [0.25, 0.3) is 0 Å². The summed E-state index contributed by atoms with van der Waals surface area (Å²) in [7, 11) is 0. The zero-order valence-electron chi connectivity index (χ0n) is 15.9. The Kier molecular flexibility index (Phi) is 11.0. The normalized spacial score (nSPS) is 18.4. The van der Waals surface area contributed by atoms with Gasteiger partial charge in [-0.1, -0.05) is 23.7 Å². The van der Waals surface area contributed by atoms with Gasteiger partial charge in [-0.25, -0.2) is 0 Å². The second-order valence-corrected chi connectivity index (χ2v) is 6.74. The zero-order chi connectivity index (χ0) is 18.9. The third-order valence-electron chi connectivity index (χ3n) is 4.34. The fourth-order valence-corrected chi connectivity index (χ4v) is 3.14. The maximum absolute atomic E-state index is 12.0. The van der Waals surface area contributed by atoms with E-state index in [1.807, 2.05) is 13.8 Å². The number of ether oxygens (including phenoxy) is 1. The SMILES string of the molecule is CCNC(=NCC(O)c1ccc(Cl)cc1)N1CCCC(C(=O)OCC)C1.I. The van der Waals surface area contributed by atoms with Gasteiger partial charge in [0.15, 0.2) is 5.96 Å². The highest BCUT2D eigenvalue weighted by atomic mass is 127. The molecule has 2 atom stereocenters. The first-order valence-electron chi connectivity index (χ1n) is 9.18. The predicted molar refractivity (Wildman–Crippen MR) is 119 cm³/mol. The highest BCUT2D eigenvalue weighted by molar-refractivity contribution is 14.0. The second kappa shape index (κ2) is 12.4. The number of aliphatic hydroxyl groups excluding tert-OH is 1. The van der Waals surface area contributed by atoms with Gasteiger partial charge in [-0.3, -0.25) is 9.79 Å². The molecule has 0 amide bonds. The first-order valence-corrected chi connectivity index (χ1v) is 9.56. The van der Waals surface area contributed by atoms with Crippen molar-refractivity contribution < 1.29 is 14.6 Å².